The number of hydrogen-bond donors (Lipinski definition) is 1. The quantitative estimate of drug-likeness (QED) is 0.804. The second kappa shape index (κ2) is 4.64. The van der Waals surface area contributed by atoms with Crippen molar-refractivity contribution in [1.82, 2.24) is 0 Å². The Morgan fingerprint density at radius 2 is 2.27 bits per heavy atom. The molecule has 82 valence electrons. The highest BCUT2D eigenvalue weighted by Crippen LogP contribution is 2.31. The van der Waals surface area contributed by atoms with Gasteiger partial charge in [-0.15, -0.1) is 0 Å². The highest BCUT2D eigenvalue weighted by molar-refractivity contribution is 6.32. The molecule has 1 rings (SSSR count). The van der Waals surface area contributed by atoms with Crippen molar-refractivity contribution in [3.8, 4) is 5.75 Å². The Morgan fingerprint density at radius 1 is 1.60 bits per heavy atom. The molecule has 0 saturated carbocycles. The lowest BCUT2D eigenvalue weighted by molar-refractivity contribution is -0.112. The van der Waals surface area contributed by atoms with Gasteiger partial charge < -0.3 is 14.6 Å². The van der Waals surface area contributed by atoms with E-state index < -0.39 is 5.60 Å². The summed E-state index contributed by atoms with van der Waals surface area (Å²) in [4.78, 5) is 10.4. The van der Waals surface area contributed by atoms with E-state index in [0.29, 0.717) is 22.6 Å². The van der Waals surface area contributed by atoms with E-state index >= 15 is 0 Å². The molecule has 0 heterocycles. The normalized spacial score (nSPS) is 14.4. The Bertz CT molecular complexity index is 361. The molecule has 0 bridgehead atoms. The predicted octanol–water partition coefficient (Wildman–Crippen LogP) is 2.15. The van der Waals surface area contributed by atoms with Crippen LogP contribution in [0.4, 0.5) is 0 Å². The van der Waals surface area contributed by atoms with E-state index in [9.17, 15) is 9.90 Å². The summed E-state index contributed by atoms with van der Waals surface area (Å²) in [5.41, 5.74) is -0.574. The van der Waals surface area contributed by atoms with Crippen LogP contribution in [-0.2, 0) is 10.4 Å². The number of carbonyl (C=O) groups is 1. The Morgan fingerprint density at radius 3 is 2.80 bits per heavy atom. The van der Waals surface area contributed by atoms with Gasteiger partial charge in [-0.1, -0.05) is 17.7 Å². The lowest BCUT2D eigenvalue weighted by atomic mass is 9.93. The molecule has 0 saturated heterocycles. The molecule has 1 aromatic carbocycles. The van der Waals surface area contributed by atoms with Crippen LogP contribution in [0.15, 0.2) is 18.2 Å². The van der Waals surface area contributed by atoms with E-state index in [2.05, 4.69) is 0 Å². The molecule has 0 aliphatic rings. The number of ether oxygens (including phenoxy) is 1. The van der Waals surface area contributed by atoms with Crippen LogP contribution in [0.2, 0.25) is 5.02 Å². The molecule has 0 fully saturated rings. The van der Waals surface area contributed by atoms with Gasteiger partial charge in [-0.25, -0.2) is 0 Å². The number of aliphatic hydroxyl groups is 1. The third kappa shape index (κ3) is 2.70. The van der Waals surface area contributed by atoms with Gasteiger partial charge in [0.1, 0.15) is 12.0 Å². The van der Waals surface area contributed by atoms with E-state index in [1.54, 1.807) is 25.1 Å². The second-order valence-corrected chi connectivity index (χ2v) is 3.90. The smallest absolute Gasteiger partial charge is 0.137 e. The van der Waals surface area contributed by atoms with Crippen LogP contribution in [0, 0.1) is 0 Å². The third-order valence-corrected chi connectivity index (χ3v) is 2.57. The predicted molar refractivity (Wildman–Crippen MR) is 58.3 cm³/mol. The van der Waals surface area contributed by atoms with Crippen LogP contribution in [0.5, 0.6) is 5.75 Å². The fourth-order valence-corrected chi connectivity index (χ4v) is 1.47. The van der Waals surface area contributed by atoms with Gasteiger partial charge in [0.2, 0.25) is 0 Å². The van der Waals surface area contributed by atoms with Crippen LogP contribution in [-0.4, -0.2) is 18.5 Å². The Labute approximate surface area is 93.6 Å². The zero-order valence-electron chi connectivity index (χ0n) is 8.66. The first kappa shape index (κ1) is 12.0. The van der Waals surface area contributed by atoms with Crippen molar-refractivity contribution < 1.29 is 14.6 Å². The van der Waals surface area contributed by atoms with Crippen LogP contribution in [0.25, 0.3) is 0 Å². The van der Waals surface area contributed by atoms with Gasteiger partial charge in [0.25, 0.3) is 0 Å². The SMILES string of the molecule is COc1cc(C(C)(O)CC=O)ccc1Cl. The average molecular weight is 229 g/mol. The molecule has 1 aromatic rings. The Balaban J connectivity index is 3.10. The minimum atomic E-state index is -1.18. The van der Waals surface area contributed by atoms with Crippen molar-refractivity contribution in [2.45, 2.75) is 18.9 Å². The Hall–Kier alpha value is -1.06. The minimum absolute atomic E-state index is 0.0395. The summed E-state index contributed by atoms with van der Waals surface area (Å²) < 4.78 is 5.03. The highest BCUT2D eigenvalue weighted by atomic mass is 35.5. The largest absolute Gasteiger partial charge is 0.495 e. The summed E-state index contributed by atoms with van der Waals surface area (Å²) in [6.07, 6.45) is 0.721. The minimum Gasteiger partial charge on any atom is -0.495 e. The fourth-order valence-electron chi connectivity index (χ4n) is 1.27. The molecule has 1 unspecified atom stereocenters. The lowest BCUT2D eigenvalue weighted by Gasteiger charge is -2.21. The number of methoxy groups -OCH3 is 1. The van der Waals surface area contributed by atoms with Crippen LogP contribution in [0.1, 0.15) is 18.9 Å². The lowest BCUT2D eigenvalue weighted by Crippen LogP contribution is -2.21. The summed E-state index contributed by atoms with van der Waals surface area (Å²) >= 11 is 5.85. The highest BCUT2D eigenvalue weighted by Gasteiger charge is 2.23. The van der Waals surface area contributed by atoms with Gasteiger partial charge in [0.05, 0.1) is 17.7 Å². The number of halogens is 1. The fraction of sp³-hybridized carbons (Fsp3) is 0.364. The standard InChI is InChI=1S/C11H13ClO3/c1-11(14,5-6-13)8-3-4-9(12)10(7-8)15-2/h3-4,6-7,14H,5H2,1-2H3. The average Bonchev–Trinajstić information content (AvgIpc) is 2.18. The monoisotopic (exact) mass is 228 g/mol. The zero-order valence-corrected chi connectivity index (χ0v) is 9.41. The topological polar surface area (TPSA) is 46.5 Å². The number of hydrogen-bond acceptors (Lipinski definition) is 3. The van der Waals surface area contributed by atoms with E-state index in [1.165, 1.54) is 7.11 Å². The van der Waals surface area contributed by atoms with Crippen molar-refractivity contribution in [3.63, 3.8) is 0 Å². The Kier molecular flexibility index (Phi) is 3.72. The van der Waals surface area contributed by atoms with E-state index in [4.69, 9.17) is 16.3 Å². The molecular weight excluding hydrogens is 216 g/mol. The van der Waals surface area contributed by atoms with Crippen LogP contribution >= 0.6 is 11.6 Å². The van der Waals surface area contributed by atoms with Gasteiger partial charge in [0, 0.05) is 6.42 Å². The maximum atomic E-state index is 10.4. The summed E-state index contributed by atoms with van der Waals surface area (Å²) in [6.45, 7) is 1.57. The molecule has 15 heavy (non-hydrogen) atoms. The maximum Gasteiger partial charge on any atom is 0.137 e. The molecular formula is C11H13ClO3. The van der Waals surface area contributed by atoms with Crippen molar-refractivity contribution in [2.75, 3.05) is 7.11 Å². The maximum absolute atomic E-state index is 10.4. The van der Waals surface area contributed by atoms with E-state index in [0.717, 1.165) is 0 Å². The summed E-state index contributed by atoms with van der Waals surface area (Å²) in [5.74, 6) is 0.486. The van der Waals surface area contributed by atoms with Gasteiger partial charge in [-0.3, -0.25) is 0 Å². The van der Waals surface area contributed by atoms with Crippen LogP contribution < -0.4 is 4.74 Å². The molecule has 0 amide bonds. The van der Waals surface area contributed by atoms with Gasteiger partial charge in [-0.05, 0) is 24.6 Å². The second-order valence-electron chi connectivity index (χ2n) is 3.49. The first-order chi connectivity index (χ1) is 7.01. The summed E-state index contributed by atoms with van der Waals surface area (Å²) in [5, 5.41) is 10.4. The van der Waals surface area contributed by atoms with Crippen molar-refractivity contribution >= 4 is 17.9 Å². The van der Waals surface area contributed by atoms with Crippen molar-refractivity contribution in [2.24, 2.45) is 0 Å². The molecule has 4 heteroatoms. The first-order valence-electron chi connectivity index (χ1n) is 4.51. The van der Waals surface area contributed by atoms with Crippen molar-refractivity contribution in [1.29, 1.82) is 0 Å². The summed E-state index contributed by atoms with van der Waals surface area (Å²) in [6, 6.07) is 4.94. The zero-order chi connectivity index (χ0) is 11.5. The summed E-state index contributed by atoms with van der Waals surface area (Å²) in [7, 11) is 1.50. The first-order valence-corrected chi connectivity index (χ1v) is 4.89. The molecule has 0 aliphatic carbocycles. The van der Waals surface area contributed by atoms with E-state index in [-0.39, 0.29) is 6.42 Å². The number of benzene rings is 1. The molecule has 3 nitrogen and oxygen atoms in total. The third-order valence-electron chi connectivity index (χ3n) is 2.25. The molecule has 1 N–H and O–H groups in total. The van der Waals surface area contributed by atoms with Gasteiger partial charge >= 0.3 is 0 Å². The van der Waals surface area contributed by atoms with Crippen LogP contribution in [0.3, 0.4) is 0 Å². The molecule has 0 radical (unpaired) electrons. The molecule has 0 aromatic heterocycles. The number of carbonyl (C=O) groups excluding carboxylic acids is 1. The molecule has 0 aliphatic heterocycles. The number of aldehydes is 1. The number of rotatable bonds is 4. The van der Waals surface area contributed by atoms with Gasteiger partial charge in [0.15, 0.2) is 0 Å². The molecule has 0 spiro atoms. The van der Waals surface area contributed by atoms with Crippen molar-refractivity contribution in [3.05, 3.63) is 28.8 Å². The van der Waals surface area contributed by atoms with Gasteiger partial charge in [-0.2, -0.15) is 0 Å². The molecule has 1 atom stereocenters. The van der Waals surface area contributed by atoms with E-state index in [1.807, 2.05) is 0 Å².